The highest BCUT2D eigenvalue weighted by atomic mass is 35.5. The summed E-state index contributed by atoms with van der Waals surface area (Å²) in [6.45, 7) is 0. The smallest absolute Gasteiger partial charge is 0.195 e. The van der Waals surface area contributed by atoms with E-state index in [9.17, 15) is 4.79 Å². The number of hydrogen-bond acceptors (Lipinski definition) is 2. The first-order chi connectivity index (χ1) is 9.66. The van der Waals surface area contributed by atoms with Crippen molar-refractivity contribution in [2.24, 2.45) is 0 Å². The summed E-state index contributed by atoms with van der Waals surface area (Å²) in [4.78, 5) is 16.7. The monoisotopic (exact) mass is 301 g/mol. The number of ketones is 1. The van der Waals surface area contributed by atoms with Gasteiger partial charge in [0, 0.05) is 33.9 Å². The number of hydrogen-bond donors (Lipinski definition) is 0. The normalized spacial score (nSPS) is 10.7. The Morgan fingerprint density at radius 3 is 2.65 bits per heavy atom. The Morgan fingerprint density at radius 1 is 1.00 bits per heavy atom. The molecule has 1 aromatic heterocycles. The topological polar surface area (TPSA) is 30.0 Å². The van der Waals surface area contributed by atoms with Crippen molar-refractivity contribution in [1.29, 1.82) is 0 Å². The third-order valence-electron chi connectivity index (χ3n) is 3.10. The number of carbonyl (C=O) groups excluding carboxylic acids is 1. The minimum absolute atomic E-state index is 0.134. The molecule has 0 saturated heterocycles. The average molecular weight is 302 g/mol. The van der Waals surface area contributed by atoms with Crippen molar-refractivity contribution in [2.75, 3.05) is 0 Å². The van der Waals surface area contributed by atoms with Crippen molar-refractivity contribution in [3.8, 4) is 0 Å². The second-order valence-electron chi connectivity index (χ2n) is 4.36. The Balaban J connectivity index is 2.18. The lowest BCUT2D eigenvalue weighted by molar-refractivity contribution is 0.104. The Labute approximate surface area is 126 Å². The summed E-state index contributed by atoms with van der Waals surface area (Å²) in [6.07, 6.45) is 3.39. The first-order valence-corrected chi connectivity index (χ1v) is 6.75. The maximum atomic E-state index is 12.6. The maximum absolute atomic E-state index is 12.6. The molecule has 0 atom stereocenters. The van der Waals surface area contributed by atoms with Crippen LogP contribution in [0.15, 0.2) is 54.9 Å². The third-order valence-corrected chi connectivity index (χ3v) is 3.65. The number of halogens is 2. The summed E-state index contributed by atoms with van der Waals surface area (Å²) in [5, 5.41) is 2.64. The van der Waals surface area contributed by atoms with E-state index < -0.39 is 0 Å². The number of nitrogens with zero attached hydrogens (tertiary/aromatic N) is 1. The molecule has 0 N–H and O–H groups in total. The fraction of sp³-hybridized carbons (Fsp3) is 0. The van der Waals surface area contributed by atoms with Gasteiger partial charge in [-0.15, -0.1) is 0 Å². The van der Waals surface area contributed by atoms with Crippen molar-refractivity contribution in [1.82, 2.24) is 4.98 Å². The highest BCUT2D eigenvalue weighted by Crippen LogP contribution is 2.26. The summed E-state index contributed by atoms with van der Waals surface area (Å²) < 4.78 is 0. The van der Waals surface area contributed by atoms with E-state index >= 15 is 0 Å². The van der Waals surface area contributed by atoms with E-state index in [4.69, 9.17) is 23.2 Å². The molecule has 0 unspecified atom stereocenters. The standard InChI is InChI=1S/C16H9Cl2NO/c17-11-4-5-13(15(18)8-11)16(20)12-3-1-2-10-6-7-19-9-14(10)12/h1-9H. The molecule has 0 saturated carbocycles. The molecular formula is C16H9Cl2NO. The van der Waals surface area contributed by atoms with Gasteiger partial charge in [0.2, 0.25) is 0 Å². The minimum Gasteiger partial charge on any atom is -0.289 e. The van der Waals surface area contributed by atoms with Gasteiger partial charge >= 0.3 is 0 Å². The molecule has 0 aliphatic carbocycles. The molecule has 3 rings (SSSR count). The highest BCUT2D eigenvalue weighted by Gasteiger charge is 2.15. The third kappa shape index (κ3) is 2.28. The molecule has 98 valence electrons. The Kier molecular flexibility index (Phi) is 3.43. The van der Waals surface area contributed by atoms with Gasteiger partial charge in [-0.05, 0) is 29.7 Å². The van der Waals surface area contributed by atoms with Gasteiger partial charge in [-0.1, -0.05) is 41.4 Å². The van der Waals surface area contributed by atoms with E-state index in [1.165, 1.54) is 0 Å². The van der Waals surface area contributed by atoms with Crippen molar-refractivity contribution in [3.63, 3.8) is 0 Å². The van der Waals surface area contributed by atoms with Crippen LogP contribution < -0.4 is 0 Å². The number of benzene rings is 2. The van der Waals surface area contributed by atoms with E-state index in [-0.39, 0.29) is 5.78 Å². The van der Waals surface area contributed by atoms with E-state index in [1.807, 2.05) is 18.2 Å². The van der Waals surface area contributed by atoms with Gasteiger partial charge in [0.25, 0.3) is 0 Å². The molecule has 4 heteroatoms. The molecular weight excluding hydrogens is 293 g/mol. The highest BCUT2D eigenvalue weighted by molar-refractivity contribution is 6.38. The molecule has 0 fully saturated rings. The molecule has 0 amide bonds. The molecule has 0 bridgehead atoms. The van der Waals surface area contributed by atoms with Gasteiger partial charge in [-0.2, -0.15) is 0 Å². The maximum Gasteiger partial charge on any atom is 0.195 e. The van der Waals surface area contributed by atoms with Crippen molar-refractivity contribution in [2.45, 2.75) is 0 Å². The summed E-state index contributed by atoms with van der Waals surface area (Å²) >= 11 is 12.0. The zero-order valence-corrected chi connectivity index (χ0v) is 11.8. The molecule has 0 aliphatic heterocycles. The lowest BCUT2D eigenvalue weighted by Crippen LogP contribution is -2.03. The van der Waals surface area contributed by atoms with Crippen LogP contribution in [0.3, 0.4) is 0 Å². The second kappa shape index (κ2) is 5.23. The minimum atomic E-state index is -0.134. The van der Waals surface area contributed by atoms with Crippen LogP contribution >= 0.6 is 23.2 Å². The van der Waals surface area contributed by atoms with Crippen LogP contribution in [0.2, 0.25) is 10.0 Å². The fourth-order valence-corrected chi connectivity index (χ4v) is 2.62. The second-order valence-corrected chi connectivity index (χ2v) is 5.20. The Morgan fingerprint density at radius 2 is 1.85 bits per heavy atom. The van der Waals surface area contributed by atoms with Crippen molar-refractivity contribution in [3.05, 3.63) is 76.0 Å². The largest absolute Gasteiger partial charge is 0.289 e. The summed E-state index contributed by atoms with van der Waals surface area (Å²) in [7, 11) is 0. The van der Waals surface area contributed by atoms with Gasteiger partial charge in [0.1, 0.15) is 0 Å². The Bertz CT molecular complexity index is 809. The van der Waals surface area contributed by atoms with E-state index in [0.717, 1.165) is 10.8 Å². The van der Waals surface area contributed by atoms with Crippen LogP contribution in [0.25, 0.3) is 10.8 Å². The zero-order valence-electron chi connectivity index (χ0n) is 10.3. The summed E-state index contributed by atoms with van der Waals surface area (Å²) in [5.74, 6) is -0.134. The van der Waals surface area contributed by atoms with Crippen molar-refractivity contribution >= 4 is 39.8 Å². The molecule has 1 heterocycles. The number of pyridine rings is 1. The first-order valence-electron chi connectivity index (χ1n) is 5.99. The number of fused-ring (bicyclic) bond motifs is 1. The van der Waals surface area contributed by atoms with Gasteiger partial charge in [0.15, 0.2) is 5.78 Å². The molecule has 2 nitrogen and oxygen atoms in total. The molecule has 0 radical (unpaired) electrons. The number of aromatic nitrogens is 1. The van der Waals surface area contributed by atoms with Gasteiger partial charge in [-0.3, -0.25) is 9.78 Å². The summed E-state index contributed by atoms with van der Waals surface area (Å²) in [6, 6.07) is 12.3. The zero-order chi connectivity index (χ0) is 14.1. The SMILES string of the molecule is O=C(c1ccc(Cl)cc1Cl)c1cccc2ccncc12. The predicted molar refractivity (Wildman–Crippen MR) is 81.6 cm³/mol. The van der Waals surface area contributed by atoms with Crippen LogP contribution in [0, 0.1) is 0 Å². The van der Waals surface area contributed by atoms with Crippen LogP contribution in [0.5, 0.6) is 0 Å². The predicted octanol–water partition coefficient (Wildman–Crippen LogP) is 4.77. The van der Waals surface area contributed by atoms with Crippen LogP contribution in [-0.2, 0) is 0 Å². The van der Waals surface area contributed by atoms with E-state index in [1.54, 1.807) is 36.7 Å². The van der Waals surface area contributed by atoms with E-state index in [0.29, 0.717) is 21.2 Å². The van der Waals surface area contributed by atoms with Gasteiger partial charge in [0.05, 0.1) is 5.02 Å². The fourth-order valence-electron chi connectivity index (χ4n) is 2.13. The lowest BCUT2D eigenvalue weighted by atomic mass is 9.98. The average Bonchev–Trinajstić information content (AvgIpc) is 2.46. The molecule has 3 aromatic rings. The molecule has 0 spiro atoms. The van der Waals surface area contributed by atoms with Gasteiger partial charge < -0.3 is 0 Å². The Hall–Kier alpha value is -1.90. The van der Waals surface area contributed by atoms with E-state index in [2.05, 4.69) is 4.98 Å². The van der Waals surface area contributed by atoms with Crippen LogP contribution in [0.1, 0.15) is 15.9 Å². The summed E-state index contributed by atoms with van der Waals surface area (Å²) in [5.41, 5.74) is 1.02. The number of rotatable bonds is 2. The van der Waals surface area contributed by atoms with Gasteiger partial charge in [-0.25, -0.2) is 0 Å². The lowest BCUT2D eigenvalue weighted by Gasteiger charge is -2.07. The molecule has 20 heavy (non-hydrogen) atoms. The molecule has 2 aromatic carbocycles. The first kappa shape index (κ1) is 13.1. The van der Waals surface area contributed by atoms with Crippen molar-refractivity contribution < 1.29 is 4.79 Å². The van der Waals surface area contributed by atoms with Crippen LogP contribution in [-0.4, -0.2) is 10.8 Å². The molecule has 0 aliphatic rings. The number of carbonyl (C=O) groups is 1. The van der Waals surface area contributed by atoms with Crippen LogP contribution in [0.4, 0.5) is 0 Å². The quantitative estimate of drug-likeness (QED) is 0.638.